The van der Waals surface area contributed by atoms with Crippen molar-refractivity contribution < 1.29 is 14.3 Å². The number of anilines is 2. The number of pyridine rings is 1. The van der Waals surface area contributed by atoms with Crippen LogP contribution in [0.3, 0.4) is 0 Å². The van der Waals surface area contributed by atoms with Crippen LogP contribution >= 0.6 is 0 Å². The SMILES string of the molecule is Cc1cc(C)nc(NC(=O)c2ccc(CN3C(=O)COc4ccccc43)cc2)c1. The smallest absolute Gasteiger partial charge is 0.265 e. The first-order valence-electron chi connectivity index (χ1n) is 9.37. The highest BCUT2D eigenvalue weighted by molar-refractivity contribution is 6.03. The van der Waals surface area contributed by atoms with Crippen LogP contribution in [0, 0.1) is 13.8 Å². The zero-order valence-corrected chi connectivity index (χ0v) is 16.3. The van der Waals surface area contributed by atoms with Crippen molar-refractivity contribution >= 4 is 23.3 Å². The third-order valence-corrected chi connectivity index (χ3v) is 4.70. The average Bonchev–Trinajstić information content (AvgIpc) is 2.70. The molecule has 1 aromatic heterocycles. The summed E-state index contributed by atoms with van der Waals surface area (Å²) in [5, 5.41) is 2.83. The Morgan fingerprint density at radius 3 is 2.62 bits per heavy atom. The van der Waals surface area contributed by atoms with Crippen molar-refractivity contribution in [2.45, 2.75) is 20.4 Å². The van der Waals surface area contributed by atoms with E-state index < -0.39 is 0 Å². The fourth-order valence-corrected chi connectivity index (χ4v) is 3.37. The van der Waals surface area contributed by atoms with E-state index in [1.807, 2.05) is 62.4 Å². The van der Waals surface area contributed by atoms with E-state index in [9.17, 15) is 9.59 Å². The molecule has 0 unspecified atom stereocenters. The summed E-state index contributed by atoms with van der Waals surface area (Å²) in [7, 11) is 0. The van der Waals surface area contributed by atoms with Gasteiger partial charge < -0.3 is 15.0 Å². The first-order valence-corrected chi connectivity index (χ1v) is 9.37. The fraction of sp³-hybridized carbons (Fsp3) is 0.174. The van der Waals surface area contributed by atoms with Crippen molar-refractivity contribution in [1.82, 2.24) is 4.98 Å². The number of para-hydroxylation sites is 2. The Morgan fingerprint density at radius 2 is 1.86 bits per heavy atom. The summed E-state index contributed by atoms with van der Waals surface area (Å²) < 4.78 is 5.48. The molecule has 146 valence electrons. The highest BCUT2D eigenvalue weighted by atomic mass is 16.5. The van der Waals surface area contributed by atoms with Gasteiger partial charge in [0, 0.05) is 11.3 Å². The van der Waals surface area contributed by atoms with E-state index in [-0.39, 0.29) is 18.4 Å². The zero-order chi connectivity index (χ0) is 20.4. The number of hydrogen-bond acceptors (Lipinski definition) is 4. The minimum absolute atomic E-state index is 0.0282. The van der Waals surface area contributed by atoms with Crippen LogP contribution in [0.15, 0.2) is 60.7 Å². The Bertz CT molecular complexity index is 1060. The lowest BCUT2D eigenvalue weighted by Gasteiger charge is -2.29. The summed E-state index contributed by atoms with van der Waals surface area (Å²) in [4.78, 5) is 30.9. The maximum absolute atomic E-state index is 12.5. The van der Waals surface area contributed by atoms with Gasteiger partial charge in [0.2, 0.25) is 0 Å². The van der Waals surface area contributed by atoms with E-state index in [0.29, 0.717) is 23.7 Å². The van der Waals surface area contributed by atoms with E-state index in [1.54, 1.807) is 17.0 Å². The van der Waals surface area contributed by atoms with Crippen molar-refractivity contribution in [3.05, 3.63) is 83.0 Å². The Kier molecular flexibility index (Phi) is 4.99. The minimum atomic E-state index is -0.221. The number of fused-ring (bicyclic) bond motifs is 1. The van der Waals surface area contributed by atoms with Crippen molar-refractivity contribution in [3.8, 4) is 5.75 Å². The molecule has 4 rings (SSSR count). The van der Waals surface area contributed by atoms with Gasteiger partial charge in [0.25, 0.3) is 11.8 Å². The number of ether oxygens (including phenoxy) is 1. The van der Waals surface area contributed by atoms with E-state index in [0.717, 1.165) is 22.5 Å². The summed E-state index contributed by atoms with van der Waals surface area (Å²) in [6.45, 7) is 4.30. The lowest BCUT2D eigenvalue weighted by atomic mass is 10.1. The van der Waals surface area contributed by atoms with Crippen molar-refractivity contribution in [3.63, 3.8) is 0 Å². The molecular formula is C23H21N3O3. The van der Waals surface area contributed by atoms with Gasteiger partial charge in [0.05, 0.1) is 12.2 Å². The number of nitrogens with one attached hydrogen (secondary N) is 1. The van der Waals surface area contributed by atoms with Gasteiger partial charge in [0.1, 0.15) is 11.6 Å². The van der Waals surface area contributed by atoms with Gasteiger partial charge in [-0.2, -0.15) is 0 Å². The molecule has 0 fully saturated rings. The maximum atomic E-state index is 12.5. The number of nitrogens with zero attached hydrogens (tertiary/aromatic N) is 2. The number of benzene rings is 2. The molecule has 6 nitrogen and oxygen atoms in total. The van der Waals surface area contributed by atoms with Gasteiger partial charge in [0.15, 0.2) is 6.61 Å². The van der Waals surface area contributed by atoms with Gasteiger partial charge in [-0.05, 0) is 61.4 Å². The van der Waals surface area contributed by atoms with Crippen LogP contribution < -0.4 is 15.0 Å². The second kappa shape index (κ2) is 7.75. The number of aryl methyl sites for hydroxylation is 2. The number of rotatable bonds is 4. The number of carbonyl (C=O) groups is 2. The van der Waals surface area contributed by atoms with Crippen molar-refractivity contribution in [2.75, 3.05) is 16.8 Å². The topological polar surface area (TPSA) is 71.5 Å². The van der Waals surface area contributed by atoms with Gasteiger partial charge in [-0.3, -0.25) is 9.59 Å². The van der Waals surface area contributed by atoms with E-state index in [2.05, 4.69) is 10.3 Å². The molecule has 0 bridgehead atoms. The third kappa shape index (κ3) is 4.11. The first-order chi connectivity index (χ1) is 14.0. The van der Waals surface area contributed by atoms with Crippen LogP contribution in [0.25, 0.3) is 0 Å². The van der Waals surface area contributed by atoms with Crippen LogP contribution in [0.5, 0.6) is 5.75 Å². The van der Waals surface area contributed by atoms with Crippen LogP contribution in [0.4, 0.5) is 11.5 Å². The third-order valence-electron chi connectivity index (χ3n) is 4.70. The van der Waals surface area contributed by atoms with Crippen LogP contribution in [0.2, 0.25) is 0 Å². The molecule has 1 N–H and O–H groups in total. The Hall–Kier alpha value is -3.67. The van der Waals surface area contributed by atoms with Crippen LogP contribution in [-0.2, 0) is 11.3 Å². The molecule has 0 radical (unpaired) electrons. The number of amides is 2. The van der Waals surface area contributed by atoms with Crippen LogP contribution in [-0.4, -0.2) is 23.4 Å². The Balaban J connectivity index is 1.48. The molecule has 0 saturated carbocycles. The normalized spacial score (nSPS) is 12.9. The second-order valence-electron chi connectivity index (χ2n) is 7.06. The summed E-state index contributed by atoms with van der Waals surface area (Å²) in [5.74, 6) is 0.921. The molecular weight excluding hydrogens is 366 g/mol. The monoisotopic (exact) mass is 387 g/mol. The molecule has 1 aliphatic rings. The molecule has 1 aliphatic heterocycles. The Morgan fingerprint density at radius 1 is 1.10 bits per heavy atom. The van der Waals surface area contributed by atoms with Gasteiger partial charge in [-0.25, -0.2) is 4.98 Å². The number of aromatic nitrogens is 1. The first kappa shape index (κ1) is 18.7. The predicted octanol–water partition coefficient (Wildman–Crippen LogP) is 3.88. The predicted molar refractivity (Wildman–Crippen MR) is 111 cm³/mol. The molecule has 3 aromatic rings. The van der Waals surface area contributed by atoms with E-state index >= 15 is 0 Å². The molecule has 2 heterocycles. The molecule has 0 aliphatic carbocycles. The average molecular weight is 387 g/mol. The van der Waals surface area contributed by atoms with Gasteiger partial charge in [-0.15, -0.1) is 0 Å². The highest BCUT2D eigenvalue weighted by Crippen LogP contribution is 2.32. The second-order valence-corrected chi connectivity index (χ2v) is 7.06. The van der Waals surface area contributed by atoms with Crippen LogP contribution in [0.1, 0.15) is 27.2 Å². The largest absolute Gasteiger partial charge is 0.482 e. The zero-order valence-electron chi connectivity index (χ0n) is 16.3. The van der Waals surface area contributed by atoms with Crippen molar-refractivity contribution in [2.24, 2.45) is 0 Å². The quantitative estimate of drug-likeness (QED) is 0.738. The summed E-state index contributed by atoms with van der Waals surface area (Å²) in [5.41, 5.74) is 4.11. The maximum Gasteiger partial charge on any atom is 0.265 e. The molecule has 2 aromatic carbocycles. The minimum Gasteiger partial charge on any atom is -0.482 e. The summed E-state index contributed by atoms with van der Waals surface area (Å²) >= 11 is 0. The van der Waals surface area contributed by atoms with Gasteiger partial charge >= 0.3 is 0 Å². The lowest BCUT2D eigenvalue weighted by molar-refractivity contribution is -0.121. The molecule has 29 heavy (non-hydrogen) atoms. The standard InChI is InChI=1S/C23H21N3O3/c1-15-11-16(2)24-21(12-15)25-23(28)18-9-7-17(8-10-18)13-26-19-5-3-4-6-20(19)29-14-22(26)27/h3-12H,13-14H2,1-2H3,(H,24,25,28). The molecule has 0 spiro atoms. The van der Waals surface area contributed by atoms with Crippen molar-refractivity contribution in [1.29, 1.82) is 0 Å². The molecule has 2 amide bonds. The van der Waals surface area contributed by atoms with E-state index in [1.165, 1.54) is 0 Å². The van der Waals surface area contributed by atoms with E-state index in [4.69, 9.17) is 4.74 Å². The number of carbonyl (C=O) groups excluding carboxylic acids is 2. The number of hydrogen-bond donors (Lipinski definition) is 1. The fourth-order valence-electron chi connectivity index (χ4n) is 3.37. The molecule has 0 atom stereocenters. The van der Waals surface area contributed by atoms with Gasteiger partial charge in [-0.1, -0.05) is 24.3 Å². The summed E-state index contributed by atoms with van der Waals surface area (Å²) in [6.07, 6.45) is 0. The lowest BCUT2D eigenvalue weighted by Crippen LogP contribution is -2.38. The Labute approximate surface area is 169 Å². The summed E-state index contributed by atoms with van der Waals surface area (Å²) in [6, 6.07) is 18.5. The molecule has 6 heteroatoms. The highest BCUT2D eigenvalue weighted by Gasteiger charge is 2.25. The molecule has 0 saturated heterocycles.